The van der Waals surface area contributed by atoms with Crippen LogP contribution in [0.25, 0.3) is 0 Å². The molecule has 0 spiro atoms. The number of hydrogen-bond acceptors (Lipinski definition) is 3. The van der Waals surface area contributed by atoms with Gasteiger partial charge < -0.3 is 10.2 Å². The largest absolute Gasteiger partial charge is 0.342 e. The highest BCUT2D eigenvalue weighted by Gasteiger charge is 2.14. The molecule has 17 heavy (non-hydrogen) atoms. The molecule has 0 aliphatic carbocycles. The molecule has 0 atom stereocenters. The minimum Gasteiger partial charge on any atom is -0.342 e. The molecule has 4 heteroatoms. The number of nitrogens with one attached hydrogen (secondary N) is 1. The SMILES string of the molecule is CSCCCCNCC(=O)N1CCCCCC1. The van der Waals surface area contributed by atoms with Crippen molar-refractivity contribution in [1.82, 2.24) is 10.2 Å². The second-order valence-electron chi connectivity index (χ2n) is 4.67. The molecule has 1 heterocycles. The maximum absolute atomic E-state index is 11.9. The number of nitrogens with zero attached hydrogens (tertiary/aromatic N) is 1. The van der Waals surface area contributed by atoms with Gasteiger partial charge in [-0.2, -0.15) is 11.8 Å². The van der Waals surface area contributed by atoms with E-state index in [1.54, 1.807) is 0 Å². The van der Waals surface area contributed by atoms with Crippen LogP contribution in [0.1, 0.15) is 38.5 Å². The summed E-state index contributed by atoms with van der Waals surface area (Å²) in [6.07, 6.45) is 9.48. The van der Waals surface area contributed by atoms with Crippen molar-refractivity contribution in [2.45, 2.75) is 38.5 Å². The Labute approximate surface area is 110 Å². The minimum absolute atomic E-state index is 0.289. The molecule has 1 N–H and O–H groups in total. The molecule has 1 fully saturated rings. The van der Waals surface area contributed by atoms with Crippen LogP contribution in [0.15, 0.2) is 0 Å². The van der Waals surface area contributed by atoms with Gasteiger partial charge in [0.15, 0.2) is 0 Å². The molecular weight excluding hydrogens is 232 g/mol. The number of unbranched alkanes of at least 4 members (excludes halogenated alkanes) is 1. The quantitative estimate of drug-likeness (QED) is 0.710. The number of likely N-dealkylation sites (tertiary alicyclic amines) is 1. The third kappa shape index (κ3) is 6.94. The summed E-state index contributed by atoms with van der Waals surface area (Å²) in [6.45, 7) is 3.43. The lowest BCUT2D eigenvalue weighted by atomic mass is 10.2. The summed E-state index contributed by atoms with van der Waals surface area (Å²) >= 11 is 1.89. The van der Waals surface area contributed by atoms with Crippen LogP contribution in [0.2, 0.25) is 0 Å². The van der Waals surface area contributed by atoms with Gasteiger partial charge >= 0.3 is 0 Å². The topological polar surface area (TPSA) is 32.3 Å². The Balaban J connectivity index is 2.03. The van der Waals surface area contributed by atoms with Gasteiger partial charge in [-0.1, -0.05) is 12.8 Å². The van der Waals surface area contributed by atoms with E-state index in [4.69, 9.17) is 0 Å². The van der Waals surface area contributed by atoms with Crippen molar-refractivity contribution < 1.29 is 4.79 Å². The Morgan fingerprint density at radius 3 is 2.53 bits per heavy atom. The average molecular weight is 258 g/mol. The lowest BCUT2D eigenvalue weighted by Crippen LogP contribution is -2.39. The Kier molecular flexibility index (Phi) is 8.53. The maximum atomic E-state index is 11.9. The normalized spacial score (nSPS) is 16.9. The molecule has 0 saturated carbocycles. The van der Waals surface area contributed by atoms with Crippen LogP contribution >= 0.6 is 11.8 Å². The molecular formula is C13H26N2OS. The van der Waals surface area contributed by atoms with Crippen LogP contribution in [-0.4, -0.2) is 49.0 Å². The fourth-order valence-corrected chi connectivity index (χ4v) is 2.62. The Morgan fingerprint density at radius 2 is 1.88 bits per heavy atom. The van der Waals surface area contributed by atoms with E-state index in [9.17, 15) is 4.79 Å². The molecule has 0 aromatic rings. The number of carbonyl (C=O) groups is 1. The van der Waals surface area contributed by atoms with E-state index < -0.39 is 0 Å². The van der Waals surface area contributed by atoms with Gasteiger partial charge in [0.25, 0.3) is 0 Å². The highest BCUT2D eigenvalue weighted by molar-refractivity contribution is 7.98. The molecule has 1 amide bonds. The van der Waals surface area contributed by atoms with Crippen molar-refractivity contribution in [3.05, 3.63) is 0 Å². The first-order chi connectivity index (χ1) is 8.34. The van der Waals surface area contributed by atoms with E-state index in [-0.39, 0.29) is 5.91 Å². The summed E-state index contributed by atoms with van der Waals surface area (Å²) in [5.74, 6) is 1.51. The number of rotatable bonds is 7. The van der Waals surface area contributed by atoms with Crippen LogP contribution in [0.5, 0.6) is 0 Å². The van der Waals surface area contributed by atoms with Crippen LogP contribution in [-0.2, 0) is 4.79 Å². The molecule has 1 aliphatic rings. The highest BCUT2D eigenvalue weighted by atomic mass is 32.2. The van der Waals surface area contributed by atoms with E-state index in [1.165, 1.54) is 44.3 Å². The summed E-state index contributed by atoms with van der Waals surface area (Å²) in [4.78, 5) is 13.9. The van der Waals surface area contributed by atoms with Gasteiger partial charge in [0, 0.05) is 13.1 Å². The average Bonchev–Trinajstić information content (AvgIpc) is 2.62. The van der Waals surface area contributed by atoms with E-state index in [0.717, 1.165) is 19.6 Å². The zero-order chi connectivity index (χ0) is 12.3. The van der Waals surface area contributed by atoms with Crippen molar-refractivity contribution in [2.24, 2.45) is 0 Å². The van der Waals surface area contributed by atoms with Crippen molar-refractivity contribution in [2.75, 3.05) is 38.2 Å². The molecule has 1 saturated heterocycles. The van der Waals surface area contributed by atoms with Crippen LogP contribution in [0.3, 0.4) is 0 Å². The van der Waals surface area contributed by atoms with Gasteiger partial charge in [-0.3, -0.25) is 4.79 Å². The lowest BCUT2D eigenvalue weighted by molar-refractivity contribution is -0.130. The summed E-state index contributed by atoms with van der Waals surface area (Å²) in [7, 11) is 0. The standard InChI is InChI=1S/C13H26N2OS/c1-17-11-7-4-8-14-12-13(16)15-9-5-2-3-6-10-15/h14H,2-12H2,1H3. The fraction of sp³-hybridized carbons (Fsp3) is 0.923. The van der Waals surface area contributed by atoms with Crippen LogP contribution in [0, 0.1) is 0 Å². The first kappa shape index (κ1) is 14.8. The number of amides is 1. The van der Waals surface area contributed by atoms with Crippen molar-refractivity contribution in [3.63, 3.8) is 0 Å². The fourth-order valence-electron chi connectivity index (χ4n) is 2.12. The minimum atomic E-state index is 0.289. The third-order valence-corrected chi connectivity index (χ3v) is 3.88. The van der Waals surface area contributed by atoms with E-state index >= 15 is 0 Å². The molecule has 100 valence electrons. The summed E-state index contributed by atoms with van der Waals surface area (Å²) in [6, 6.07) is 0. The van der Waals surface area contributed by atoms with E-state index in [2.05, 4.69) is 11.6 Å². The highest BCUT2D eigenvalue weighted by Crippen LogP contribution is 2.09. The number of hydrogen-bond donors (Lipinski definition) is 1. The zero-order valence-corrected chi connectivity index (χ0v) is 11.9. The first-order valence-electron chi connectivity index (χ1n) is 6.82. The molecule has 3 nitrogen and oxygen atoms in total. The van der Waals surface area contributed by atoms with Gasteiger partial charge in [-0.15, -0.1) is 0 Å². The van der Waals surface area contributed by atoms with Crippen LogP contribution < -0.4 is 5.32 Å². The van der Waals surface area contributed by atoms with Gasteiger partial charge in [0.1, 0.15) is 0 Å². The zero-order valence-electron chi connectivity index (χ0n) is 11.0. The smallest absolute Gasteiger partial charge is 0.236 e. The Bertz CT molecular complexity index is 204. The summed E-state index contributed by atoms with van der Waals surface area (Å²) in [5, 5.41) is 3.26. The molecule has 0 radical (unpaired) electrons. The molecule has 0 aromatic heterocycles. The predicted molar refractivity (Wildman–Crippen MR) is 75.5 cm³/mol. The Hall–Kier alpha value is -0.220. The first-order valence-corrected chi connectivity index (χ1v) is 8.21. The third-order valence-electron chi connectivity index (χ3n) is 3.19. The van der Waals surface area contributed by atoms with Gasteiger partial charge in [0.2, 0.25) is 5.91 Å². The molecule has 0 aromatic carbocycles. The van der Waals surface area contributed by atoms with Gasteiger partial charge in [-0.05, 0) is 44.2 Å². The predicted octanol–water partition coefficient (Wildman–Crippen LogP) is 2.12. The van der Waals surface area contributed by atoms with Gasteiger partial charge in [0.05, 0.1) is 6.54 Å². The molecule has 1 aliphatic heterocycles. The van der Waals surface area contributed by atoms with E-state index in [1.807, 2.05) is 16.7 Å². The molecule has 0 unspecified atom stereocenters. The second kappa shape index (κ2) is 9.77. The summed E-state index contributed by atoms with van der Waals surface area (Å²) < 4.78 is 0. The number of thioether (sulfide) groups is 1. The van der Waals surface area contributed by atoms with Crippen LogP contribution in [0.4, 0.5) is 0 Å². The van der Waals surface area contributed by atoms with E-state index in [0.29, 0.717) is 6.54 Å². The Morgan fingerprint density at radius 1 is 1.18 bits per heavy atom. The van der Waals surface area contributed by atoms with Crippen molar-refractivity contribution in [1.29, 1.82) is 0 Å². The molecule has 0 bridgehead atoms. The monoisotopic (exact) mass is 258 g/mol. The lowest BCUT2D eigenvalue weighted by Gasteiger charge is -2.20. The number of carbonyl (C=O) groups excluding carboxylic acids is 1. The maximum Gasteiger partial charge on any atom is 0.236 e. The van der Waals surface area contributed by atoms with Gasteiger partial charge in [-0.25, -0.2) is 0 Å². The molecule has 1 rings (SSSR count). The van der Waals surface area contributed by atoms with Crippen molar-refractivity contribution >= 4 is 17.7 Å². The second-order valence-corrected chi connectivity index (χ2v) is 5.66. The van der Waals surface area contributed by atoms with Crippen molar-refractivity contribution in [3.8, 4) is 0 Å². The summed E-state index contributed by atoms with van der Waals surface area (Å²) in [5.41, 5.74) is 0.